The summed E-state index contributed by atoms with van der Waals surface area (Å²) in [5, 5.41) is 12.5. The molecule has 86 valence electrons. The van der Waals surface area contributed by atoms with E-state index in [0.717, 1.165) is 24.9 Å². The van der Waals surface area contributed by atoms with Crippen LogP contribution in [-0.2, 0) is 6.54 Å². The van der Waals surface area contributed by atoms with Gasteiger partial charge in [-0.25, -0.2) is 0 Å². The second kappa shape index (κ2) is 3.06. The summed E-state index contributed by atoms with van der Waals surface area (Å²) in [6, 6.07) is 0.490. The van der Waals surface area contributed by atoms with Crippen molar-refractivity contribution >= 4 is 0 Å². The van der Waals surface area contributed by atoms with E-state index in [2.05, 4.69) is 27.0 Å². The minimum atomic E-state index is 0.490. The van der Waals surface area contributed by atoms with Crippen molar-refractivity contribution in [2.45, 2.75) is 44.7 Å². The van der Waals surface area contributed by atoms with Gasteiger partial charge in [0.05, 0.1) is 6.04 Å². The van der Waals surface area contributed by atoms with Gasteiger partial charge < -0.3 is 9.88 Å². The molecule has 1 aliphatic heterocycles. The summed E-state index contributed by atoms with van der Waals surface area (Å²) in [6.07, 6.45) is 4.03. The summed E-state index contributed by atoms with van der Waals surface area (Å²) >= 11 is 0. The normalized spacial score (nSPS) is 37.2. The van der Waals surface area contributed by atoms with E-state index in [1.165, 1.54) is 30.9 Å². The second-order valence-corrected chi connectivity index (χ2v) is 5.66. The minimum Gasteiger partial charge on any atom is -0.312 e. The maximum absolute atomic E-state index is 4.45. The molecule has 4 heteroatoms. The van der Waals surface area contributed by atoms with Crippen molar-refractivity contribution in [1.29, 1.82) is 0 Å². The predicted octanol–water partition coefficient (Wildman–Crippen LogP) is 1.46. The molecule has 1 aromatic rings. The number of nitrogens with zero attached hydrogens (tertiary/aromatic N) is 3. The summed E-state index contributed by atoms with van der Waals surface area (Å²) in [7, 11) is 0. The first-order valence-electron chi connectivity index (χ1n) is 6.51. The Hall–Kier alpha value is -0.900. The molecular formula is C12H18N4. The van der Waals surface area contributed by atoms with Gasteiger partial charge in [-0.2, -0.15) is 0 Å². The molecule has 2 fully saturated rings. The van der Waals surface area contributed by atoms with Crippen LogP contribution in [0, 0.1) is 11.8 Å². The van der Waals surface area contributed by atoms with Gasteiger partial charge in [-0.05, 0) is 31.1 Å². The maximum Gasteiger partial charge on any atom is 0.150 e. The van der Waals surface area contributed by atoms with E-state index >= 15 is 0 Å². The van der Waals surface area contributed by atoms with Crippen molar-refractivity contribution in [3.63, 3.8) is 0 Å². The van der Waals surface area contributed by atoms with Crippen LogP contribution in [0.3, 0.4) is 0 Å². The van der Waals surface area contributed by atoms with Crippen molar-refractivity contribution in [1.82, 2.24) is 20.1 Å². The Labute approximate surface area is 95.4 Å². The van der Waals surface area contributed by atoms with Crippen LogP contribution in [0.15, 0.2) is 0 Å². The highest BCUT2D eigenvalue weighted by atomic mass is 15.3. The fraction of sp³-hybridized carbons (Fsp3) is 0.833. The Morgan fingerprint density at radius 3 is 2.69 bits per heavy atom. The molecule has 0 spiro atoms. The fourth-order valence-corrected chi connectivity index (χ4v) is 2.97. The van der Waals surface area contributed by atoms with Crippen molar-refractivity contribution in [3.05, 3.63) is 11.6 Å². The highest BCUT2D eigenvalue weighted by Crippen LogP contribution is 2.48. The summed E-state index contributed by atoms with van der Waals surface area (Å²) in [5.74, 6) is 4.81. The molecule has 0 aromatic carbocycles. The van der Waals surface area contributed by atoms with Crippen LogP contribution in [0.5, 0.6) is 0 Å². The first-order chi connectivity index (χ1) is 7.84. The zero-order valence-electron chi connectivity index (χ0n) is 9.69. The lowest BCUT2D eigenvalue weighted by Gasteiger charge is -2.25. The van der Waals surface area contributed by atoms with Crippen LogP contribution in [0.4, 0.5) is 0 Å². The number of aromatic nitrogens is 3. The number of hydrogen-bond donors (Lipinski definition) is 1. The third-order valence-corrected chi connectivity index (χ3v) is 4.32. The van der Waals surface area contributed by atoms with Gasteiger partial charge in [-0.1, -0.05) is 6.92 Å². The molecule has 2 heterocycles. The topological polar surface area (TPSA) is 42.7 Å². The molecule has 4 nitrogen and oxygen atoms in total. The molecule has 1 aromatic heterocycles. The first-order valence-corrected chi connectivity index (χ1v) is 6.51. The molecule has 2 aliphatic carbocycles. The highest BCUT2D eigenvalue weighted by Gasteiger charge is 2.42. The lowest BCUT2D eigenvalue weighted by molar-refractivity contribution is 0.376. The number of fused-ring (bicyclic) bond motifs is 1. The number of hydrogen-bond acceptors (Lipinski definition) is 3. The third-order valence-electron chi connectivity index (χ3n) is 4.32. The monoisotopic (exact) mass is 218 g/mol. The molecule has 16 heavy (non-hydrogen) atoms. The van der Waals surface area contributed by atoms with Gasteiger partial charge in [0.25, 0.3) is 0 Å². The Morgan fingerprint density at radius 1 is 1.25 bits per heavy atom. The van der Waals surface area contributed by atoms with E-state index < -0.39 is 0 Å². The molecule has 3 unspecified atom stereocenters. The van der Waals surface area contributed by atoms with E-state index in [-0.39, 0.29) is 0 Å². The Kier molecular flexibility index (Phi) is 1.76. The van der Waals surface area contributed by atoms with Crippen LogP contribution in [-0.4, -0.2) is 21.3 Å². The van der Waals surface area contributed by atoms with E-state index in [9.17, 15) is 0 Å². The minimum absolute atomic E-state index is 0.490. The zero-order chi connectivity index (χ0) is 10.7. The van der Waals surface area contributed by atoms with Crippen molar-refractivity contribution in [3.8, 4) is 0 Å². The van der Waals surface area contributed by atoms with Gasteiger partial charge in [-0.15, -0.1) is 10.2 Å². The molecule has 0 saturated heterocycles. The number of nitrogens with one attached hydrogen (secondary N) is 1. The Bertz CT molecular complexity index is 421. The van der Waals surface area contributed by atoms with Crippen LogP contribution in [0.25, 0.3) is 0 Å². The highest BCUT2D eigenvalue weighted by molar-refractivity contribution is 5.16. The molecule has 3 aliphatic rings. The molecule has 3 atom stereocenters. The molecule has 2 saturated carbocycles. The standard InChI is InChI=1S/C12H18N4/c1-7-6-9(7)11-14-15-12-10(8-2-3-8)13-4-5-16(11)12/h7-10,13H,2-6H2,1H3. The molecule has 0 amide bonds. The molecule has 0 radical (unpaired) electrons. The fourth-order valence-electron chi connectivity index (χ4n) is 2.97. The van der Waals surface area contributed by atoms with E-state index in [0.29, 0.717) is 12.0 Å². The van der Waals surface area contributed by atoms with Crippen molar-refractivity contribution in [2.24, 2.45) is 11.8 Å². The SMILES string of the molecule is CC1CC1c1nnc2n1CCNC2C1CC1. The van der Waals surface area contributed by atoms with E-state index in [1.807, 2.05) is 0 Å². The number of rotatable bonds is 2. The molecule has 1 N–H and O–H groups in total. The smallest absolute Gasteiger partial charge is 0.150 e. The third kappa shape index (κ3) is 1.25. The van der Waals surface area contributed by atoms with Crippen LogP contribution in [0.1, 0.15) is 49.8 Å². The van der Waals surface area contributed by atoms with Gasteiger partial charge in [0, 0.05) is 19.0 Å². The molecule has 4 rings (SSSR count). The average molecular weight is 218 g/mol. The lowest BCUT2D eigenvalue weighted by Crippen LogP contribution is -2.35. The maximum atomic E-state index is 4.45. The van der Waals surface area contributed by atoms with Gasteiger partial charge >= 0.3 is 0 Å². The van der Waals surface area contributed by atoms with Crippen molar-refractivity contribution < 1.29 is 0 Å². The first kappa shape index (κ1) is 9.16. The second-order valence-electron chi connectivity index (χ2n) is 5.66. The van der Waals surface area contributed by atoms with Crippen molar-refractivity contribution in [2.75, 3.05) is 6.54 Å². The molecular weight excluding hydrogens is 200 g/mol. The van der Waals surface area contributed by atoms with Crippen LogP contribution in [0.2, 0.25) is 0 Å². The van der Waals surface area contributed by atoms with E-state index in [4.69, 9.17) is 0 Å². The summed E-state index contributed by atoms with van der Waals surface area (Å²) in [5.41, 5.74) is 0. The lowest BCUT2D eigenvalue weighted by atomic mass is 10.1. The largest absolute Gasteiger partial charge is 0.312 e. The van der Waals surface area contributed by atoms with E-state index in [1.54, 1.807) is 0 Å². The van der Waals surface area contributed by atoms with Gasteiger partial charge in [0.2, 0.25) is 0 Å². The average Bonchev–Trinajstić information content (AvgIpc) is 3.19. The summed E-state index contributed by atoms with van der Waals surface area (Å²) in [4.78, 5) is 0. The van der Waals surface area contributed by atoms with Gasteiger partial charge in [-0.3, -0.25) is 0 Å². The predicted molar refractivity (Wildman–Crippen MR) is 60.0 cm³/mol. The Morgan fingerprint density at radius 2 is 2.00 bits per heavy atom. The summed E-state index contributed by atoms with van der Waals surface area (Å²) < 4.78 is 2.40. The van der Waals surface area contributed by atoms with Gasteiger partial charge in [0.1, 0.15) is 5.82 Å². The molecule has 0 bridgehead atoms. The van der Waals surface area contributed by atoms with Crippen LogP contribution >= 0.6 is 0 Å². The zero-order valence-corrected chi connectivity index (χ0v) is 9.69. The van der Waals surface area contributed by atoms with Crippen LogP contribution < -0.4 is 5.32 Å². The Balaban J connectivity index is 1.71. The quantitative estimate of drug-likeness (QED) is 0.817. The van der Waals surface area contributed by atoms with Gasteiger partial charge in [0.15, 0.2) is 5.82 Å². The summed E-state index contributed by atoms with van der Waals surface area (Å²) in [6.45, 7) is 4.45.